The molecule has 3 aromatic heterocycles. The highest BCUT2D eigenvalue weighted by Gasteiger charge is 2.42. The molecule has 1 aromatic carbocycles. The molecule has 1 amide bonds. The summed E-state index contributed by atoms with van der Waals surface area (Å²) >= 11 is 6.24. The number of amides is 1. The van der Waals surface area contributed by atoms with Crippen LogP contribution in [-0.2, 0) is 12.7 Å². The first-order valence-electron chi connectivity index (χ1n) is 11.4. The van der Waals surface area contributed by atoms with Crippen LogP contribution in [0.3, 0.4) is 0 Å². The van der Waals surface area contributed by atoms with Crippen LogP contribution in [0.5, 0.6) is 0 Å². The number of halogens is 4. The van der Waals surface area contributed by atoms with Crippen LogP contribution < -0.4 is 5.32 Å². The van der Waals surface area contributed by atoms with Crippen molar-refractivity contribution in [3.05, 3.63) is 71.3 Å². The topological polar surface area (TPSA) is 93.8 Å². The highest BCUT2D eigenvalue weighted by atomic mass is 35.5. The minimum atomic E-state index is -4.83. The number of hydrogen-bond acceptors (Lipinski definition) is 6. The zero-order valence-electron chi connectivity index (χ0n) is 20.7. The number of hydrogen-bond donors (Lipinski definition) is 1. The SMILES string of the molecule is CC.CN(C)CCn1nc(-c2ccccc2)c(C(F)(F)F)c1C(=O)Nc1cnc(-n2nccn2)c(Cl)c1. The van der Waals surface area contributed by atoms with Gasteiger partial charge in [0.25, 0.3) is 5.91 Å². The number of pyridine rings is 1. The Morgan fingerprint density at radius 3 is 2.32 bits per heavy atom. The Labute approximate surface area is 216 Å². The van der Waals surface area contributed by atoms with Crippen LogP contribution in [0, 0.1) is 0 Å². The first-order valence-corrected chi connectivity index (χ1v) is 11.7. The molecule has 196 valence electrons. The Balaban J connectivity index is 0.00000186. The Bertz CT molecular complexity index is 1320. The number of anilines is 1. The molecule has 13 heteroatoms. The zero-order chi connectivity index (χ0) is 27.2. The van der Waals surface area contributed by atoms with E-state index in [1.54, 1.807) is 37.2 Å². The van der Waals surface area contributed by atoms with Crippen LogP contribution >= 0.6 is 11.6 Å². The van der Waals surface area contributed by atoms with E-state index in [4.69, 9.17) is 11.6 Å². The molecule has 3 heterocycles. The van der Waals surface area contributed by atoms with Crippen molar-refractivity contribution < 1.29 is 18.0 Å². The summed E-state index contributed by atoms with van der Waals surface area (Å²) in [5.41, 5.74) is -1.69. The van der Waals surface area contributed by atoms with Gasteiger partial charge in [-0.05, 0) is 20.2 Å². The van der Waals surface area contributed by atoms with Gasteiger partial charge < -0.3 is 10.2 Å². The molecule has 4 rings (SSSR count). The van der Waals surface area contributed by atoms with Crippen LogP contribution in [0.25, 0.3) is 17.1 Å². The van der Waals surface area contributed by atoms with Gasteiger partial charge in [0.15, 0.2) is 5.82 Å². The van der Waals surface area contributed by atoms with Crippen molar-refractivity contribution >= 4 is 23.2 Å². The van der Waals surface area contributed by atoms with Gasteiger partial charge in [0.1, 0.15) is 17.0 Å². The van der Waals surface area contributed by atoms with E-state index in [-0.39, 0.29) is 34.3 Å². The van der Waals surface area contributed by atoms with E-state index in [1.807, 2.05) is 13.8 Å². The fourth-order valence-corrected chi connectivity index (χ4v) is 3.62. The average molecular weight is 535 g/mol. The summed E-state index contributed by atoms with van der Waals surface area (Å²) in [6, 6.07) is 9.29. The molecule has 0 fully saturated rings. The van der Waals surface area contributed by atoms with Gasteiger partial charge in [-0.15, -0.1) is 4.80 Å². The van der Waals surface area contributed by atoms with Gasteiger partial charge in [0, 0.05) is 12.1 Å². The highest BCUT2D eigenvalue weighted by Crippen LogP contribution is 2.39. The summed E-state index contributed by atoms with van der Waals surface area (Å²) in [5, 5.41) is 14.6. The van der Waals surface area contributed by atoms with Crippen LogP contribution in [0.4, 0.5) is 18.9 Å². The lowest BCUT2D eigenvalue weighted by atomic mass is 10.0. The fourth-order valence-electron chi connectivity index (χ4n) is 3.38. The third kappa shape index (κ3) is 6.52. The third-order valence-corrected chi connectivity index (χ3v) is 5.22. The molecule has 4 aromatic rings. The van der Waals surface area contributed by atoms with Gasteiger partial charge in [-0.3, -0.25) is 9.48 Å². The molecular formula is C24H26ClF3N8O. The van der Waals surface area contributed by atoms with Crippen molar-refractivity contribution in [1.29, 1.82) is 0 Å². The summed E-state index contributed by atoms with van der Waals surface area (Å²) in [4.78, 5) is 20.3. The number of aromatic nitrogens is 6. The van der Waals surface area contributed by atoms with Crippen molar-refractivity contribution in [1.82, 2.24) is 34.7 Å². The molecule has 0 aliphatic carbocycles. The number of carbonyl (C=O) groups is 1. The van der Waals surface area contributed by atoms with Gasteiger partial charge in [-0.1, -0.05) is 55.8 Å². The van der Waals surface area contributed by atoms with Gasteiger partial charge in [-0.2, -0.15) is 28.5 Å². The van der Waals surface area contributed by atoms with E-state index in [2.05, 4.69) is 25.6 Å². The number of carbonyl (C=O) groups excluding carboxylic acids is 1. The molecule has 37 heavy (non-hydrogen) atoms. The fraction of sp³-hybridized carbons (Fsp3) is 0.292. The van der Waals surface area contributed by atoms with Crippen molar-refractivity contribution in [2.75, 3.05) is 26.0 Å². The number of likely N-dealkylation sites (N-methyl/N-ethyl adjacent to an activating group) is 1. The second kappa shape index (κ2) is 12.0. The maximum atomic E-state index is 14.3. The predicted molar refractivity (Wildman–Crippen MR) is 135 cm³/mol. The lowest BCUT2D eigenvalue weighted by molar-refractivity contribution is -0.137. The predicted octanol–water partition coefficient (Wildman–Crippen LogP) is 5.04. The molecule has 1 N–H and O–H groups in total. The molecule has 9 nitrogen and oxygen atoms in total. The van der Waals surface area contributed by atoms with Crippen molar-refractivity contribution in [3.8, 4) is 17.1 Å². The van der Waals surface area contributed by atoms with E-state index < -0.39 is 23.3 Å². The van der Waals surface area contributed by atoms with Gasteiger partial charge in [0.2, 0.25) is 0 Å². The molecule has 0 unspecified atom stereocenters. The second-order valence-corrected chi connectivity index (χ2v) is 8.17. The van der Waals surface area contributed by atoms with Gasteiger partial charge in [-0.25, -0.2) is 4.98 Å². The average Bonchev–Trinajstić information content (AvgIpc) is 3.53. The minimum Gasteiger partial charge on any atom is -0.319 e. The number of nitrogens with one attached hydrogen (secondary N) is 1. The minimum absolute atomic E-state index is 0.0641. The highest BCUT2D eigenvalue weighted by molar-refractivity contribution is 6.32. The number of alkyl halides is 3. The largest absolute Gasteiger partial charge is 0.420 e. The van der Waals surface area contributed by atoms with Crippen LogP contribution in [0.1, 0.15) is 29.9 Å². The van der Waals surface area contributed by atoms with E-state index >= 15 is 0 Å². The Kier molecular flexibility index (Phi) is 9.00. The Morgan fingerprint density at radius 2 is 1.76 bits per heavy atom. The summed E-state index contributed by atoms with van der Waals surface area (Å²) in [5.74, 6) is -0.790. The normalized spacial score (nSPS) is 11.3. The van der Waals surface area contributed by atoms with E-state index in [1.165, 1.54) is 41.6 Å². The van der Waals surface area contributed by atoms with Crippen LogP contribution in [-0.4, -0.2) is 61.2 Å². The quantitative estimate of drug-likeness (QED) is 0.357. The Hall–Kier alpha value is -3.77. The van der Waals surface area contributed by atoms with E-state index in [0.29, 0.717) is 6.54 Å². The molecule has 0 saturated heterocycles. The number of rotatable bonds is 7. The van der Waals surface area contributed by atoms with Crippen molar-refractivity contribution in [2.45, 2.75) is 26.6 Å². The lowest BCUT2D eigenvalue weighted by Crippen LogP contribution is -2.25. The summed E-state index contributed by atoms with van der Waals surface area (Å²) in [7, 11) is 3.55. The molecule has 0 aliphatic rings. The van der Waals surface area contributed by atoms with Crippen molar-refractivity contribution in [2.24, 2.45) is 0 Å². The van der Waals surface area contributed by atoms with Gasteiger partial charge in [0.05, 0.1) is 35.8 Å². The maximum absolute atomic E-state index is 14.3. The van der Waals surface area contributed by atoms with Crippen LogP contribution in [0.15, 0.2) is 55.0 Å². The summed E-state index contributed by atoms with van der Waals surface area (Å²) in [6.45, 7) is 4.43. The second-order valence-electron chi connectivity index (χ2n) is 7.76. The molecule has 0 spiro atoms. The molecule has 0 bridgehead atoms. The maximum Gasteiger partial charge on any atom is 0.420 e. The molecule has 0 saturated carbocycles. The monoisotopic (exact) mass is 534 g/mol. The third-order valence-electron chi connectivity index (χ3n) is 4.95. The molecule has 0 atom stereocenters. The first kappa shape index (κ1) is 27.8. The molecule has 0 radical (unpaired) electrons. The van der Waals surface area contributed by atoms with Gasteiger partial charge >= 0.3 is 6.18 Å². The Morgan fingerprint density at radius 1 is 1.11 bits per heavy atom. The zero-order valence-corrected chi connectivity index (χ0v) is 21.4. The number of nitrogens with zero attached hydrogens (tertiary/aromatic N) is 7. The van der Waals surface area contributed by atoms with Crippen LogP contribution in [0.2, 0.25) is 5.02 Å². The van der Waals surface area contributed by atoms with E-state index in [0.717, 1.165) is 4.68 Å². The van der Waals surface area contributed by atoms with E-state index in [9.17, 15) is 18.0 Å². The summed E-state index contributed by atoms with van der Waals surface area (Å²) in [6.07, 6.45) is -0.703. The lowest BCUT2D eigenvalue weighted by Gasteiger charge is -2.14. The first-order chi connectivity index (χ1) is 17.6. The van der Waals surface area contributed by atoms with Crippen molar-refractivity contribution in [3.63, 3.8) is 0 Å². The smallest absolute Gasteiger partial charge is 0.319 e. The number of benzene rings is 1. The summed E-state index contributed by atoms with van der Waals surface area (Å²) < 4.78 is 43.9. The standard InChI is InChI=1S/C22H20ClF3N8O.C2H6/c1-32(2)10-11-33-19(17(22(24,25)26)18(31-33)14-6-4-3-5-7-14)21(35)30-15-12-16(23)20(27-13-15)34-28-8-9-29-34;1-2/h3-9,12-13H,10-11H2,1-2H3,(H,30,35);1-2H3. The molecular weight excluding hydrogens is 509 g/mol. The molecule has 0 aliphatic heterocycles.